The molecule has 2 heterocycles. The second-order valence-electron chi connectivity index (χ2n) is 6.54. The molecule has 0 bridgehead atoms. The van der Waals surface area contributed by atoms with Gasteiger partial charge < -0.3 is 20.5 Å². The molecule has 3 N–H and O–H groups in total. The summed E-state index contributed by atoms with van der Waals surface area (Å²) in [4.78, 5) is 8.93. The number of nitrogen functional groups attached to an aromatic ring is 1. The van der Waals surface area contributed by atoms with Crippen molar-refractivity contribution >= 4 is 22.8 Å². The van der Waals surface area contributed by atoms with Gasteiger partial charge in [0, 0.05) is 18.7 Å². The first kappa shape index (κ1) is 19.4. The zero-order chi connectivity index (χ0) is 21.1. The number of para-hydroxylation sites is 1. The van der Waals surface area contributed by atoms with Crippen LogP contribution < -0.4 is 20.5 Å². The molecule has 0 unspecified atom stereocenters. The molecule has 0 amide bonds. The van der Waals surface area contributed by atoms with Crippen molar-refractivity contribution in [3.63, 3.8) is 0 Å². The molecule has 8 nitrogen and oxygen atoms in total. The van der Waals surface area contributed by atoms with Crippen LogP contribution in [0.4, 0.5) is 16.2 Å². The minimum absolute atomic E-state index is 0.284. The zero-order valence-electron chi connectivity index (χ0n) is 16.6. The minimum Gasteiger partial charge on any atom is -0.497 e. The van der Waals surface area contributed by atoms with Crippen LogP contribution in [0, 0.1) is 5.82 Å². The van der Waals surface area contributed by atoms with Crippen molar-refractivity contribution in [1.29, 1.82) is 0 Å². The van der Waals surface area contributed by atoms with Crippen LogP contribution in [0.25, 0.3) is 22.3 Å². The maximum absolute atomic E-state index is 14.8. The van der Waals surface area contributed by atoms with Gasteiger partial charge in [-0.15, -0.1) is 0 Å². The topological polar surface area (TPSA) is 100 Å². The van der Waals surface area contributed by atoms with E-state index in [2.05, 4.69) is 20.4 Å². The monoisotopic (exact) mass is 408 g/mol. The lowest BCUT2D eigenvalue weighted by atomic mass is 10.1. The molecule has 0 aliphatic rings. The maximum Gasteiger partial charge on any atom is 0.225 e. The highest BCUT2D eigenvalue weighted by Crippen LogP contribution is 2.33. The van der Waals surface area contributed by atoms with Crippen LogP contribution in [-0.2, 0) is 7.05 Å². The number of aromatic nitrogens is 4. The van der Waals surface area contributed by atoms with Crippen molar-refractivity contribution in [3.05, 3.63) is 54.3 Å². The number of rotatable bonds is 7. The molecular formula is C21H21FN6O2. The minimum atomic E-state index is -0.476. The van der Waals surface area contributed by atoms with Gasteiger partial charge in [0.25, 0.3) is 0 Å². The summed E-state index contributed by atoms with van der Waals surface area (Å²) in [5.74, 6) is 1.37. The number of benzene rings is 2. The van der Waals surface area contributed by atoms with E-state index >= 15 is 0 Å². The molecule has 4 aromatic rings. The van der Waals surface area contributed by atoms with Gasteiger partial charge in [0.2, 0.25) is 5.95 Å². The van der Waals surface area contributed by atoms with Crippen molar-refractivity contribution in [2.45, 2.75) is 0 Å². The molecule has 154 valence electrons. The smallest absolute Gasteiger partial charge is 0.225 e. The third-order valence-corrected chi connectivity index (χ3v) is 4.57. The normalized spacial score (nSPS) is 10.9. The Morgan fingerprint density at radius 3 is 2.63 bits per heavy atom. The van der Waals surface area contributed by atoms with Crippen LogP contribution in [0.5, 0.6) is 11.5 Å². The number of nitrogens with one attached hydrogen (secondary N) is 1. The number of nitrogens with two attached hydrogens (primary N) is 1. The molecule has 2 aromatic heterocycles. The van der Waals surface area contributed by atoms with E-state index in [0.29, 0.717) is 47.4 Å². The fraction of sp³-hybridized carbons (Fsp3) is 0.190. The average Bonchev–Trinajstić information content (AvgIpc) is 3.05. The molecule has 0 aliphatic heterocycles. The molecule has 9 heteroatoms. The van der Waals surface area contributed by atoms with E-state index in [1.54, 1.807) is 19.2 Å². The molecule has 30 heavy (non-hydrogen) atoms. The number of halogens is 1. The maximum atomic E-state index is 14.8. The first-order valence-corrected chi connectivity index (χ1v) is 9.32. The van der Waals surface area contributed by atoms with Crippen LogP contribution in [-0.4, -0.2) is 40.0 Å². The molecule has 0 radical (unpaired) electrons. The fourth-order valence-corrected chi connectivity index (χ4v) is 3.05. The van der Waals surface area contributed by atoms with Gasteiger partial charge in [-0.1, -0.05) is 18.2 Å². The Labute approximate surface area is 172 Å². The van der Waals surface area contributed by atoms with Crippen LogP contribution in [0.15, 0.2) is 48.5 Å². The first-order valence-electron chi connectivity index (χ1n) is 9.32. The first-order chi connectivity index (χ1) is 14.6. The summed E-state index contributed by atoms with van der Waals surface area (Å²) in [5.41, 5.74) is 7.17. The van der Waals surface area contributed by atoms with E-state index in [4.69, 9.17) is 15.2 Å². The molecule has 0 saturated heterocycles. The third kappa shape index (κ3) is 3.82. The van der Waals surface area contributed by atoms with Gasteiger partial charge in [-0.25, -0.2) is 9.37 Å². The number of aryl methyl sites for hydroxylation is 1. The third-order valence-electron chi connectivity index (χ3n) is 4.57. The predicted molar refractivity (Wildman–Crippen MR) is 113 cm³/mol. The Bertz CT molecular complexity index is 1180. The molecule has 0 saturated carbocycles. The number of hydrogen-bond donors (Lipinski definition) is 2. The van der Waals surface area contributed by atoms with E-state index in [0.717, 1.165) is 5.75 Å². The number of ether oxygens (including phenoxy) is 2. The van der Waals surface area contributed by atoms with Gasteiger partial charge in [0.05, 0.1) is 24.7 Å². The second kappa shape index (κ2) is 8.24. The van der Waals surface area contributed by atoms with Crippen LogP contribution in [0.3, 0.4) is 0 Å². The predicted octanol–water partition coefficient (Wildman–Crippen LogP) is 3.25. The largest absolute Gasteiger partial charge is 0.497 e. The number of methoxy groups -OCH3 is 1. The number of anilines is 2. The van der Waals surface area contributed by atoms with Crippen molar-refractivity contribution in [2.75, 3.05) is 31.3 Å². The summed E-state index contributed by atoms with van der Waals surface area (Å²) >= 11 is 0. The van der Waals surface area contributed by atoms with E-state index in [1.807, 2.05) is 30.3 Å². The summed E-state index contributed by atoms with van der Waals surface area (Å²) in [6.45, 7) is 0.856. The van der Waals surface area contributed by atoms with Crippen LogP contribution >= 0.6 is 0 Å². The molecule has 0 fully saturated rings. The van der Waals surface area contributed by atoms with Gasteiger partial charge in [0.15, 0.2) is 5.65 Å². The van der Waals surface area contributed by atoms with Gasteiger partial charge >= 0.3 is 0 Å². The van der Waals surface area contributed by atoms with E-state index in [-0.39, 0.29) is 5.56 Å². The Morgan fingerprint density at radius 2 is 1.90 bits per heavy atom. The van der Waals surface area contributed by atoms with Crippen molar-refractivity contribution in [1.82, 2.24) is 19.7 Å². The molecule has 0 spiro atoms. The molecule has 2 aromatic carbocycles. The van der Waals surface area contributed by atoms with Crippen molar-refractivity contribution < 1.29 is 13.9 Å². The highest BCUT2D eigenvalue weighted by atomic mass is 19.1. The van der Waals surface area contributed by atoms with Gasteiger partial charge in [-0.05, 0) is 24.3 Å². The summed E-state index contributed by atoms with van der Waals surface area (Å²) < 4.78 is 27.0. The Balaban J connectivity index is 1.63. The number of nitrogens with zero attached hydrogens (tertiary/aromatic N) is 4. The van der Waals surface area contributed by atoms with E-state index < -0.39 is 5.82 Å². The van der Waals surface area contributed by atoms with Crippen LogP contribution in [0.1, 0.15) is 0 Å². The van der Waals surface area contributed by atoms with Crippen molar-refractivity contribution in [2.24, 2.45) is 7.05 Å². The SMILES string of the molecule is COc1ccc(-c2nc(NCCOc3ccccc3)nc3nn(C)c(N)c23)c(F)c1. The number of fused-ring (bicyclic) bond motifs is 1. The second-order valence-corrected chi connectivity index (χ2v) is 6.54. The van der Waals surface area contributed by atoms with E-state index in [1.165, 1.54) is 17.9 Å². The molecule has 0 aliphatic carbocycles. The molecule has 4 rings (SSSR count). The summed E-state index contributed by atoms with van der Waals surface area (Å²) in [5, 5.41) is 7.92. The standard InChI is InChI=1S/C21H21FN6O2/c1-28-19(23)17-18(15-9-8-14(29-2)12-16(15)22)25-21(26-20(17)27-28)24-10-11-30-13-6-4-3-5-7-13/h3-9,12H,10-11,23H2,1-2H3,(H,24,26,27). The quantitative estimate of drug-likeness (QED) is 0.453. The van der Waals surface area contributed by atoms with Gasteiger partial charge in [-0.2, -0.15) is 10.1 Å². The highest BCUT2D eigenvalue weighted by Gasteiger charge is 2.19. The highest BCUT2D eigenvalue weighted by molar-refractivity contribution is 5.99. The van der Waals surface area contributed by atoms with Gasteiger partial charge in [-0.3, -0.25) is 4.68 Å². The lowest BCUT2D eigenvalue weighted by molar-refractivity contribution is 0.332. The Morgan fingerprint density at radius 1 is 1.10 bits per heavy atom. The van der Waals surface area contributed by atoms with Crippen molar-refractivity contribution in [3.8, 4) is 22.8 Å². The molecular weight excluding hydrogens is 387 g/mol. The molecule has 0 atom stereocenters. The lowest BCUT2D eigenvalue weighted by Crippen LogP contribution is -2.13. The summed E-state index contributed by atoms with van der Waals surface area (Å²) in [6.07, 6.45) is 0. The van der Waals surface area contributed by atoms with Crippen LogP contribution in [0.2, 0.25) is 0 Å². The van der Waals surface area contributed by atoms with E-state index in [9.17, 15) is 4.39 Å². The average molecular weight is 408 g/mol. The lowest BCUT2D eigenvalue weighted by Gasteiger charge is -2.10. The zero-order valence-corrected chi connectivity index (χ0v) is 16.6. The Kier molecular flexibility index (Phi) is 5.34. The number of hydrogen-bond acceptors (Lipinski definition) is 7. The Hall–Kier alpha value is -3.88. The fourth-order valence-electron chi connectivity index (χ4n) is 3.05. The summed E-state index contributed by atoms with van der Waals surface area (Å²) in [7, 11) is 3.18. The summed E-state index contributed by atoms with van der Waals surface area (Å²) in [6, 6.07) is 14.1. The van der Waals surface area contributed by atoms with Gasteiger partial charge in [0.1, 0.15) is 29.7 Å².